The van der Waals surface area contributed by atoms with Crippen molar-refractivity contribution in [1.82, 2.24) is 0 Å². The first-order chi connectivity index (χ1) is 3.68. The van der Waals surface area contributed by atoms with Gasteiger partial charge in [0.15, 0.2) is 0 Å². The summed E-state index contributed by atoms with van der Waals surface area (Å²) < 4.78 is 0. The molecule has 0 unspecified atom stereocenters. The minimum absolute atomic E-state index is 0. The van der Waals surface area contributed by atoms with Gasteiger partial charge in [-0.3, -0.25) is 0 Å². The van der Waals surface area contributed by atoms with Crippen molar-refractivity contribution in [2.24, 2.45) is 5.73 Å². The Labute approximate surface area is 53.8 Å². The second kappa shape index (κ2) is 3.08. The Balaban J connectivity index is 0. The van der Waals surface area contributed by atoms with Gasteiger partial charge >= 0.3 is 0 Å². The molecule has 1 heteroatoms. The van der Waals surface area contributed by atoms with Gasteiger partial charge in [0.1, 0.15) is 0 Å². The van der Waals surface area contributed by atoms with Gasteiger partial charge in [0, 0.05) is 6.97 Å². The van der Waals surface area contributed by atoms with Crippen LogP contribution in [-0.4, -0.2) is 5.54 Å². The van der Waals surface area contributed by atoms with Crippen LogP contribution in [0.3, 0.4) is 0 Å². The largest absolute Gasteiger partial charge is 0.325 e. The number of hydrogen-bond donors (Lipinski definition) is 1. The van der Waals surface area contributed by atoms with Gasteiger partial charge in [-0.15, -0.1) is 0 Å². The minimum atomic E-state index is 0. The summed E-state index contributed by atoms with van der Waals surface area (Å²) in [7, 11) is 0. The standard InChI is InChI=1S/C7H17N.H2/c1-4-7(8,5-2)6-3;/h4-6,8H2,1-3H3;1H. The van der Waals surface area contributed by atoms with E-state index in [1.165, 1.54) is 0 Å². The molecule has 0 aliphatic carbocycles. The second-order valence-corrected chi connectivity index (χ2v) is 2.42. The van der Waals surface area contributed by atoms with Gasteiger partial charge in [-0.05, 0) is 19.3 Å². The first-order valence-corrected chi connectivity index (χ1v) is 3.47. The molecule has 1 nitrogen and oxygen atoms in total. The molecule has 0 aliphatic rings. The Kier molecular flexibility index (Phi) is 3.06. The van der Waals surface area contributed by atoms with E-state index in [1.807, 2.05) is 0 Å². The normalized spacial score (nSPS) is 12.0. The quantitative estimate of drug-likeness (QED) is 0.602. The van der Waals surface area contributed by atoms with Crippen LogP contribution in [0, 0.1) is 0 Å². The minimum Gasteiger partial charge on any atom is -0.325 e. The van der Waals surface area contributed by atoms with Crippen molar-refractivity contribution < 1.29 is 1.43 Å². The predicted octanol–water partition coefficient (Wildman–Crippen LogP) is 2.16. The van der Waals surface area contributed by atoms with E-state index in [-0.39, 0.29) is 6.97 Å². The topological polar surface area (TPSA) is 26.0 Å². The van der Waals surface area contributed by atoms with Crippen LogP contribution < -0.4 is 5.73 Å². The second-order valence-electron chi connectivity index (χ2n) is 2.42. The lowest BCUT2D eigenvalue weighted by molar-refractivity contribution is 0.383. The van der Waals surface area contributed by atoms with Crippen LogP contribution in [-0.2, 0) is 0 Å². The Bertz CT molecular complexity index is 51.7. The van der Waals surface area contributed by atoms with Crippen LogP contribution in [0.1, 0.15) is 41.5 Å². The lowest BCUT2D eigenvalue weighted by Gasteiger charge is -2.23. The smallest absolute Gasteiger partial charge is 0.0146 e. The fraction of sp³-hybridized carbons (Fsp3) is 1.00. The van der Waals surface area contributed by atoms with Gasteiger partial charge in [0.25, 0.3) is 0 Å². The molecule has 0 saturated carbocycles. The fourth-order valence-corrected chi connectivity index (χ4v) is 0.750. The lowest BCUT2D eigenvalue weighted by atomic mass is 9.92. The van der Waals surface area contributed by atoms with Crippen LogP contribution in [0.4, 0.5) is 0 Å². The van der Waals surface area contributed by atoms with Gasteiger partial charge in [-0.1, -0.05) is 20.8 Å². The molecule has 0 fully saturated rings. The Morgan fingerprint density at radius 3 is 1.38 bits per heavy atom. The lowest BCUT2D eigenvalue weighted by Crippen LogP contribution is -2.37. The summed E-state index contributed by atoms with van der Waals surface area (Å²) in [4.78, 5) is 0. The van der Waals surface area contributed by atoms with Gasteiger partial charge in [-0.25, -0.2) is 0 Å². The van der Waals surface area contributed by atoms with Crippen LogP contribution in [0.15, 0.2) is 0 Å². The van der Waals surface area contributed by atoms with Crippen molar-refractivity contribution in [1.29, 1.82) is 0 Å². The highest BCUT2D eigenvalue weighted by molar-refractivity contribution is 4.77. The van der Waals surface area contributed by atoms with E-state index >= 15 is 0 Å². The van der Waals surface area contributed by atoms with Crippen molar-refractivity contribution in [2.75, 3.05) is 0 Å². The van der Waals surface area contributed by atoms with Crippen molar-refractivity contribution in [2.45, 2.75) is 45.6 Å². The molecule has 0 radical (unpaired) electrons. The summed E-state index contributed by atoms with van der Waals surface area (Å²) in [5.41, 5.74) is 6.02. The highest BCUT2D eigenvalue weighted by atomic mass is 14.7. The third-order valence-corrected chi connectivity index (χ3v) is 2.11. The molecule has 0 aromatic rings. The summed E-state index contributed by atoms with van der Waals surface area (Å²) in [6.07, 6.45) is 3.29. The molecule has 0 aromatic heterocycles. The molecule has 0 saturated heterocycles. The zero-order chi connectivity index (χ0) is 6.62. The first-order valence-electron chi connectivity index (χ1n) is 3.47. The van der Waals surface area contributed by atoms with Crippen LogP contribution >= 0.6 is 0 Å². The summed E-state index contributed by atoms with van der Waals surface area (Å²) in [6, 6.07) is 0. The van der Waals surface area contributed by atoms with Crippen molar-refractivity contribution in [3.63, 3.8) is 0 Å². The zero-order valence-electron chi connectivity index (χ0n) is 6.20. The maximum absolute atomic E-state index is 5.90. The number of rotatable bonds is 3. The number of hydrogen-bond acceptors (Lipinski definition) is 1. The van der Waals surface area contributed by atoms with Crippen molar-refractivity contribution in [3.8, 4) is 0 Å². The average Bonchev–Trinajstić information content (AvgIpc) is 1.87. The van der Waals surface area contributed by atoms with E-state index in [9.17, 15) is 0 Å². The summed E-state index contributed by atoms with van der Waals surface area (Å²) in [6.45, 7) is 6.44. The zero-order valence-corrected chi connectivity index (χ0v) is 6.20. The van der Waals surface area contributed by atoms with Crippen LogP contribution in [0.2, 0.25) is 0 Å². The third kappa shape index (κ3) is 1.83. The molecule has 0 heterocycles. The van der Waals surface area contributed by atoms with Crippen molar-refractivity contribution in [3.05, 3.63) is 0 Å². The summed E-state index contributed by atoms with van der Waals surface area (Å²) >= 11 is 0. The molecular weight excluding hydrogens is 98.1 g/mol. The predicted molar refractivity (Wildman–Crippen MR) is 39.9 cm³/mol. The van der Waals surface area contributed by atoms with E-state index in [4.69, 9.17) is 5.73 Å². The maximum Gasteiger partial charge on any atom is 0.0146 e. The highest BCUT2D eigenvalue weighted by Gasteiger charge is 2.15. The number of nitrogens with two attached hydrogens (primary N) is 1. The van der Waals surface area contributed by atoms with E-state index in [2.05, 4.69) is 20.8 Å². The van der Waals surface area contributed by atoms with E-state index in [1.54, 1.807) is 0 Å². The Hall–Kier alpha value is -0.0400. The van der Waals surface area contributed by atoms with Gasteiger partial charge in [0.2, 0.25) is 0 Å². The molecule has 0 atom stereocenters. The fourth-order valence-electron chi connectivity index (χ4n) is 0.750. The Morgan fingerprint density at radius 1 is 1.12 bits per heavy atom. The SMILES string of the molecule is CCC(N)(CC)CC.[HH]. The van der Waals surface area contributed by atoms with Crippen LogP contribution in [0.25, 0.3) is 0 Å². The van der Waals surface area contributed by atoms with Gasteiger partial charge in [-0.2, -0.15) is 0 Å². The molecule has 0 amide bonds. The van der Waals surface area contributed by atoms with E-state index < -0.39 is 0 Å². The van der Waals surface area contributed by atoms with Crippen LogP contribution in [0.5, 0.6) is 0 Å². The molecule has 0 spiro atoms. The van der Waals surface area contributed by atoms with Gasteiger partial charge in [0.05, 0.1) is 0 Å². The first kappa shape index (κ1) is 7.96. The highest BCUT2D eigenvalue weighted by Crippen LogP contribution is 2.14. The molecule has 0 bridgehead atoms. The molecule has 52 valence electrons. The molecule has 0 rings (SSSR count). The molecule has 8 heavy (non-hydrogen) atoms. The molecular formula is C7H19N. The molecule has 0 aromatic carbocycles. The monoisotopic (exact) mass is 117 g/mol. The molecule has 2 N–H and O–H groups in total. The summed E-state index contributed by atoms with van der Waals surface area (Å²) in [5, 5.41) is 0. The average molecular weight is 117 g/mol. The van der Waals surface area contributed by atoms with E-state index in [0.717, 1.165) is 19.3 Å². The van der Waals surface area contributed by atoms with Crippen molar-refractivity contribution >= 4 is 0 Å². The third-order valence-electron chi connectivity index (χ3n) is 2.11. The summed E-state index contributed by atoms with van der Waals surface area (Å²) in [5.74, 6) is 0. The van der Waals surface area contributed by atoms with Gasteiger partial charge < -0.3 is 5.73 Å². The molecule has 0 aliphatic heterocycles. The maximum atomic E-state index is 5.90. The van der Waals surface area contributed by atoms with E-state index in [0.29, 0.717) is 0 Å². The Morgan fingerprint density at radius 2 is 1.38 bits per heavy atom.